The summed E-state index contributed by atoms with van der Waals surface area (Å²) in [4.78, 5) is 11.3. The molecule has 3 nitrogen and oxygen atoms in total. The number of nitrogens with one attached hydrogen (secondary N) is 2. The third-order valence-electron chi connectivity index (χ3n) is 2.70. The molecule has 2 aromatic carbocycles. The molecule has 0 radical (unpaired) electrons. The molecule has 0 heterocycles. The Balaban J connectivity index is 1.95. The number of hydrogen-bond donors (Lipinski definition) is 2. The maximum Gasteiger partial charge on any atom is 0.405 e. The van der Waals surface area contributed by atoms with Crippen LogP contribution in [0.4, 0.5) is 23.7 Å². The van der Waals surface area contributed by atoms with Crippen molar-refractivity contribution in [3.05, 3.63) is 54.6 Å². The van der Waals surface area contributed by atoms with Crippen molar-refractivity contribution in [2.45, 2.75) is 6.18 Å². The van der Waals surface area contributed by atoms with Crippen molar-refractivity contribution in [1.29, 1.82) is 0 Å². The van der Waals surface area contributed by atoms with Crippen molar-refractivity contribution in [3.8, 4) is 11.1 Å². The summed E-state index contributed by atoms with van der Waals surface area (Å²) >= 11 is 0. The zero-order valence-electron chi connectivity index (χ0n) is 10.9. The summed E-state index contributed by atoms with van der Waals surface area (Å²) in [6, 6.07) is 15.6. The fourth-order valence-corrected chi connectivity index (χ4v) is 1.73. The molecule has 2 rings (SSSR count). The zero-order chi connectivity index (χ0) is 15.3. The van der Waals surface area contributed by atoms with Crippen molar-refractivity contribution in [3.63, 3.8) is 0 Å². The highest BCUT2D eigenvalue weighted by Crippen LogP contribution is 2.21. The van der Waals surface area contributed by atoms with E-state index in [1.54, 1.807) is 29.6 Å². The molecule has 21 heavy (non-hydrogen) atoms. The third kappa shape index (κ3) is 4.83. The van der Waals surface area contributed by atoms with Crippen LogP contribution in [-0.4, -0.2) is 18.8 Å². The number of amides is 2. The summed E-state index contributed by atoms with van der Waals surface area (Å²) in [5.41, 5.74) is 2.40. The second kappa shape index (κ2) is 6.30. The lowest BCUT2D eigenvalue weighted by atomic mass is 10.1. The Morgan fingerprint density at radius 3 is 2.05 bits per heavy atom. The number of benzene rings is 2. The molecule has 0 spiro atoms. The van der Waals surface area contributed by atoms with E-state index in [4.69, 9.17) is 0 Å². The van der Waals surface area contributed by atoms with Gasteiger partial charge in [0, 0.05) is 5.69 Å². The molecule has 0 unspecified atom stereocenters. The summed E-state index contributed by atoms with van der Waals surface area (Å²) < 4.78 is 35.9. The average molecular weight is 294 g/mol. The second-order valence-electron chi connectivity index (χ2n) is 4.37. The van der Waals surface area contributed by atoms with Gasteiger partial charge in [0.1, 0.15) is 6.54 Å². The van der Waals surface area contributed by atoms with Gasteiger partial charge in [-0.1, -0.05) is 42.5 Å². The van der Waals surface area contributed by atoms with Crippen LogP contribution in [0.2, 0.25) is 0 Å². The van der Waals surface area contributed by atoms with E-state index in [-0.39, 0.29) is 0 Å². The molecular weight excluding hydrogens is 281 g/mol. The molecule has 2 aromatic rings. The molecule has 0 fully saturated rings. The van der Waals surface area contributed by atoms with Crippen LogP contribution in [0.1, 0.15) is 0 Å². The summed E-state index contributed by atoms with van der Waals surface area (Å²) in [5.74, 6) is 0. The lowest BCUT2D eigenvalue weighted by Crippen LogP contribution is -2.36. The van der Waals surface area contributed by atoms with Crippen LogP contribution >= 0.6 is 0 Å². The highest BCUT2D eigenvalue weighted by Gasteiger charge is 2.27. The SMILES string of the molecule is O=C(NCC(F)(F)F)Nc1ccc(-c2ccccc2)cc1. The van der Waals surface area contributed by atoms with Gasteiger partial charge in [0.25, 0.3) is 0 Å². The first-order valence-corrected chi connectivity index (χ1v) is 6.21. The topological polar surface area (TPSA) is 41.1 Å². The van der Waals surface area contributed by atoms with Crippen molar-refractivity contribution < 1.29 is 18.0 Å². The predicted molar refractivity (Wildman–Crippen MR) is 75.0 cm³/mol. The maximum absolute atomic E-state index is 12.0. The quantitative estimate of drug-likeness (QED) is 0.881. The van der Waals surface area contributed by atoms with E-state index in [0.29, 0.717) is 5.69 Å². The molecule has 0 aliphatic rings. The number of hydrogen-bond acceptors (Lipinski definition) is 1. The first kappa shape index (κ1) is 14.9. The van der Waals surface area contributed by atoms with Crippen LogP contribution in [0.5, 0.6) is 0 Å². The largest absolute Gasteiger partial charge is 0.405 e. The first-order chi connectivity index (χ1) is 9.94. The molecule has 110 valence electrons. The molecule has 2 N–H and O–H groups in total. The van der Waals surface area contributed by atoms with E-state index in [1.165, 1.54) is 0 Å². The van der Waals surface area contributed by atoms with Crippen LogP contribution in [0.25, 0.3) is 11.1 Å². The van der Waals surface area contributed by atoms with Gasteiger partial charge >= 0.3 is 12.2 Å². The molecule has 0 aromatic heterocycles. The van der Waals surface area contributed by atoms with E-state index in [9.17, 15) is 18.0 Å². The molecule has 2 amide bonds. The average Bonchev–Trinajstić information content (AvgIpc) is 2.46. The maximum atomic E-state index is 12.0. The number of anilines is 1. The Hall–Kier alpha value is -2.50. The Morgan fingerprint density at radius 2 is 1.48 bits per heavy atom. The number of rotatable bonds is 3. The van der Waals surface area contributed by atoms with Gasteiger partial charge in [-0.15, -0.1) is 0 Å². The number of alkyl halides is 3. The molecule has 0 aliphatic heterocycles. The Labute approximate surface area is 119 Å². The molecule has 0 atom stereocenters. The summed E-state index contributed by atoms with van der Waals surface area (Å²) in [7, 11) is 0. The van der Waals surface area contributed by atoms with Gasteiger partial charge in [0.15, 0.2) is 0 Å². The predicted octanol–water partition coefficient (Wildman–Crippen LogP) is 4.04. The van der Waals surface area contributed by atoms with Gasteiger partial charge in [-0.3, -0.25) is 0 Å². The van der Waals surface area contributed by atoms with Gasteiger partial charge in [0.2, 0.25) is 0 Å². The van der Waals surface area contributed by atoms with Crippen LogP contribution < -0.4 is 10.6 Å². The van der Waals surface area contributed by atoms with Crippen LogP contribution in [0.3, 0.4) is 0 Å². The van der Waals surface area contributed by atoms with Crippen LogP contribution in [-0.2, 0) is 0 Å². The second-order valence-corrected chi connectivity index (χ2v) is 4.37. The standard InChI is InChI=1S/C15H13F3N2O/c16-15(17,18)10-19-14(21)20-13-8-6-12(7-9-13)11-4-2-1-3-5-11/h1-9H,10H2,(H2,19,20,21). The lowest BCUT2D eigenvalue weighted by molar-refractivity contribution is -0.122. The highest BCUT2D eigenvalue weighted by molar-refractivity contribution is 5.89. The monoisotopic (exact) mass is 294 g/mol. The molecule has 0 bridgehead atoms. The molecule has 0 aliphatic carbocycles. The van der Waals surface area contributed by atoms with Gasteiger partial charge < -0.3 is 10.6 Å². The van der Waals surface area contributed by atoms with E-state index >= 15 is 0 Å². The van der Waals surface area contributed by atoms with E-state index in [0.717, 1.165) is 11.1 Å². The Bertz CT molecular complexity index is 595. The Kier molecular flexibility index (Phi) is 4.47. The highest BCUT2D eigenvalue weighted by atomic mass is 19.4. The minimum absolute atomic E-state index is 0.425. The summed E-state index contributed by atoms with van der Waals surface area (Å²) in [6.07, 6.45) is -4.42. The van der Waals surface area contributed by atoms with Crippen molar-refractivity contribution in [2.75, 3.05) is 11.9 Å². The van der Waals surface area contributed by atoms with Gasteiger partial charge in [-0.05, 0) is 23.3 Å². The summed E-state index contributed by atoms with van der Waals surface area (Å²) in [6.45, 7) is -1.36. The number of carbonyl (C=O) groups is 1. The number of urea groups is 1. The fraction of sp³-hybridized carbons (Fsp3) is 0.133. The first-order valence-electron chi connectivity index (χ1n) is 6.21. The van der Waals surface area contributed by atoms with Gasteiger partial charge in [-0.2, -0.15) is 13.2 Å². The zero-order valence-corrected chi connectivity index (χ0v) is 10.9. The lowest BCUT2D eigenvalue weighted by Gasteiger charge is -2.10. The van der Waals surface area contributed by atoms with E-state index in [2.05, 4.69) is 5.32 Å². The van der Waals surface area contributed by atoms with Gasteiger partial charge in [-0.25, -0.2) is 4.79 Å². The molecule has 0 saturated carbocycles. The minimum Gasteiger partial charge on any atom is -0.329 e. The van der Waals surface area contributed by atoms with Crippen molar-refractivity contribution >= 4 is 11.7 Å². The minimum atomic E-state index is -4.42. The fourth-order valence-electron chi connectivity index (χ4n) is 1.73. The Morgan fingerprint density at radius 1 is 0.905 bits per heavy atom. The molecule has 0 saturated heterocycles. The van der Waals surface area contributed by atoms with Crippen LogP contribution in [0, 0.1) is 0 Å². The third-order valence-corrected chi connectivity index (χ3v) is 2.70. The van der Waals surface area contributed by atoms with Gasteiger partial charge in [0.05, 0.1) is 0 Å². The van der Waals surface area contributed by atoms with Crippen molar-refractivity contribution in [2.24, 2.45) is 0 Å². The molecular formula is C15H13F3N2O. The van der Waals surface area contributed by atoms with Crippen LogP contribution in [0.15, 0.2) is 54.6 Å². The van der Waals surface area contributed by atoms with E-state index < -0.39 is 18.8 Å². The van der Waals surface area contributed by atoms with E-state index in [1.807, 2.05) is 30.3 Å². The summed E-state index contributed by atoms with van der Waals surface area (Å²) in [5, 5.41) is 4.09. The number of halogens is 3. The molecule has 6 heteroatoms. The number of carbonyl (C=O) groups excluding carboxylic acids is 1. The van der Waals surface area contributed by atoms with Crippen molar-refractivity contribution in [1.82, 2.24) is 5.32 Å². The normalized spacial score (nSPS) is 11.0. The smallest absolute Gasteiger partial charge is 0.329 e.